The summed E-state index contributed by atoms with van der Waals surface area (Å²) in [4.78, 5) is 2.41. The third kappa shape index (κ3) is 3.24. The van der Waals surface area contributed by atoms with Gasteiger partial charge < -0.3 is 5.32 Å². The molecule has 0 heterocycles. The van der Waals surface area contributed by atoms with Crippen molar-refractivity contribution in [2.75, 3.05) is 18.9 Å². The lowest BCUT2D eigenvalue weighted by atomic mass is 10.2. The van der Waals surface area contributed by atoms with Crippen LogP contribution in [0.1, 0.15) is 25.3 Å². The molecule has 1 atom stereocenters. The molecular weight excluding hydrogens is 290 g/mol. The number of anilines is 1. The van der Waals surface area contributed by atoms with Crippen molar-refractivity contribution in [2.24, 2.45) is 0 Å². The highest BCUT2D eigenvalue weighted by Crippen LogP contribution is 2.27. The van der Waals surface area contributed by atoms with Crippen LogP contribution in [0.15, 0.2) is 22.7 Å². The Hall–Kier alpha value is -1.05. The summed E-state index contributed by atoms with van der Waals surface area (Å²) in [5.74, 6) is 0. The van der Waals surface area contributed by atoms with E-state index in [1.54, 1.807) is 0 Å². The predicted octanol–water partition coefficient (Wildman–Crippen LogP) is 3.22. The average molecular weight is 308 g/mol. The van der Waals surface area contributed by atoms with Gasteiger partial charge in [-0.1, -0.05) is 15.9 Å². The maximum absolute atomic E-state index is 9.07. The molecule has 4 heteroatoms. The maximum atomic E-state index is 9.07. The van der Waals surface area contributed by atoms with Gasteiger partial charge in [0.05, 0.1) is 11.3 Å². The molecule has 0 bridgehead atoms. The summed E-state index contributed by atoms with van der Waals surface area (Å²) in [7, 11) is 2.18. The summed E-state index contributed by atoms with van der Waals surface area (Å²) < 4.78 is 0.993. The normalized spacial score (nSPS) is 16.4. The number of likely N-dealkylation sites (N-methyl/N-ethyl adjacent to an activating group) is 1. The summed E-state index contributed by atoms with van der Waals surface area (Å²) in [6.07, 6.45) is 2.64. The Bertz CT molecular complexity index is 463. The second-order valence-electron chi connectivity index (χ2n) is 4.93. The van der Waals surface area contributed by atoms with E-state index in [1.807, 2.05) is 18.2 Å². The number of nitrogens with zero attached hydrogens (tertiary/aromatic N) is 2. The molecule has 1 aromatic carbocycles. The van der Waals surface area contributed by atoms with Crippen molar-refractivity contribution < 1.29 is 0 Å². The zero-order chi connectivity index (χ0) is 13.1. The summed E-state index contributed by atoms with van der Waals surface area (Å²) in [5, 5.41) is 12.4. The van der Waals surface area contributed by atoms with E-state index in [1.165, 1.54) is 12.8 Å². The molecule has 0 radical (unpaired) electrons. The highest BCUT2D eigenvalue weighted by Gasteiger charge is 2.28. The van der Waals surface area contributed by atoms with Crippen molar-refractivity contribution in [3.05, 3.63) is 28.2 Å². The van der Waals surface area contributed by atoms with Crippen LogP contribution < -0.4 is 5.32 Å². The van der Waals surface area contributed by atoms with Crippen LogP contribution in [0, 0.1) is 11.3 Å². The highest BCUT2D eigenvalue weighted by molar-refractivity contribution is 9.10. The molecule has 3 nitrogen and oxygen atoms in total. The molecule has 1 fully saturated rings. The Morgan fingerprint density at radius 1 is 1.56 bits per heavy atom. The third-order valence-electron chi connectivity index (χ3n) is 3.51. The van der Waals surface area contributed by atoms with Gasteiger partial charge in [-0.05, 0) is 45.0 Å². The van der Waals surface area contributed by atoms with E-state index in [-0.39, 0.29) is 0 Å². The minimum absolute atomic E-state index is 0.475. The standard InChI is InChI=1S/C14H18BrN3/c1-10(18(2)13-5-6-13)9-17-14-7-12(15)4-3-11(14)8-16/h3-4,7,10,13,17H,5-6,9H2,1-2H3. The van der Waals surface area contributed by atoms with E-state index in [2.05, 4.69) is 46.2 Å². The number of hydrogen-bond acceptors (Lipinski definition) is 3. The minimum Gasteiger partial charge on any atom is -0.382 e. The van der Waals surface area contributed by atoms with Gasteiger partial charge in [-0.15, -0.1) is 0 Å². The zero-order valence-electron chi connectivity index (χ0n) is 10.8. The largest absolute Gasteiger partial charge is 0.382 e. The van der Waals surface area contributed by atoms with Gasteiger partial charge in [0.1, 0.15) is 6.07 Å². The van der Waals surface area contributed by atoms with E-state index in [0.717, 1.165) is 22.7 Å². The van der Waals surface area contributed by atoms with Gasteiger partial charge in [-0.2, -0.15) is 5.26 Å². The van der Waals surface area contributed by atoms with Crippen LogP contribution in [0.25, 0.3) is 0 Å². The highest BCUT2D eigenvalue weighted by atomic mass is 79.9. The molecule has 0 spiro atoms. The van der Waals surface area contributed by atoms with Crippen molar-refractivity contribution >= 4 is 21.6 Å². The van der Waals surface area contributed by atoms with E-state index >= 15 is 0 Å². The molecule has 0 saturated heterocycles. The van der Waals surface area contributed by atoms with Crippen LogP contribution in [0.5, 0.6) is 0 Å². The molecule has 1 N–H and O–H groups in total. The van der Waals surface area contributed by atoms with Crippen LogP contribution in [0.4, 0.5) is 5.69 Å². The smallest absolute Gasteiger partial charge is 0.101 e. The first kappa shape index (κ1) is 13.4. The van der Waals surface area contributed by atoms with Gasteiger partial charge in [0.2, 0.25) is 0 Å². The monoisotopic (exact) mass is 307 g/mol. The Morgan fingerprint density at radius 3 is 2.89 bits per heavy atom. The molecule has 96 valence electrons. The molecule has 1 aliphatic carbocycles. The number of nitriles is 1. The summed E-state index contributed by atoms with van der Waals surface area (Å²) in [6, 6.07) is 9.14. The minimum atomic E-state index is 0.475. The first-order valence-electron chi connectivity index (χ1n) is 6.27. The number of rotatable bonds is 5. The van der Waals surface area contributed by atoms with Crippen molar-refractivity contribution in [2.45, 2.75) is 31.8 Å². The van der Waals surface area contributed by atoms with Gasteiger partial charge in [-0.3, -0.25) is 4.90 Å². The average Bonchev–Trinajstić information content (AvgIpc) is 3.19. The van der Waals surface area contributed by atoms with Crippen molar-refractivity contribution in [1.82, 2.24) is 4.90 Å². The lowest BCUT2D eigenvalue weighted by molar-refractivity contribution is 0.257. The Labute approximate surface area is 117 Å². The third-order valence-corrected chi connectivity index (χ3v) is 4.00. The Kier molecular flexibility index (Phi) is 4.26. The molecule has 0 amide bonds. The van der Waals surface area contributed by atoms with Gasteiger partial charge in [0, 0.05) is 23.1 Å². The molecule has 1 aromatic rings. The van der Waals surface area contributed by atoms with Crippen LogP contribution in [-0.2, 0) is 0 Å². The van der Waals surface area contributed by atoms with Crippen molar-refractivity contribution in [3.8, 4) is 6.07 Å². The van der Waals surface area contributed by atoms with Gasteiger partial charge in [-0.25, -0.2) is 0 Å². The molecule has 0 aliphatic heterocycles. The summed E-state index contributed by atoms with van der Waals surface area (Å²) in [6.45, 7) is 3.08. The van der Waals surface area contributed by atoms with E-state index in [0.29, 0.717) is 11.6 Å². The topological polar surface area (TPSA) is 39.1 Å². The zero-order valence-corrected chi connectivity index (χ0v) is 12.4. The molecule has 18 heavy (non-hydrogen) atoms. The van der Waals surface area contributed by atoms with Crippen LogP contribution in [0.3, 0.4) is 0 Å². The SMILES string of the molecule is CC(CNc1cc(Br)ccc1C#N)N(C)C1CC1. The fourth-order valence-electron chi connectivity index (χ4n) is 2.00. The molecule has 1 aliphatic rings. The quantitative estimate of drug-likeness (QED) is 0.908. The van der Waals surface area contributed by atoms with E-state index in [9.17, 15) is 0 Å². The Morgan fingerprint density at radius 2 is 2.28 bits per heavy atom. The summed E-state index contributed by atoms with van der Waals surface area (Å²) in [5.41, 5.74) is 1.60. The molecule has 1 saturated carbocycles. The number of benzene rings is 1. The van der Waals surface area contributed by atoms with Gasteiger partial charge >= 0.3 is 0 Å². The van der Waals surface area contributed by atoms with E-state index in [4.69, 9.17) is 5.26 Å². The molecule has 1 unspecified atom stereocenters. The van der Waals surface area contributed by atoms with Crippen LogP contribution in [-0.4, -0.2) is 30.6 Å². The lowest BCUT2D eigenvalue weighted by Crippen LogP contribution is -2.36. The second kappa shape index (κ2) is 5.73. The number of nitrogens with one attached hydrogen (secondary N) is 1. The molecular formula is C14H18BrN3. The van der Waals surface area contributed by atoms with Gasteiger partial charge in [0.25, 0.3) is 0 Å². The lowest BCUT2D eigenvalue weighted by Gasteiger charge is -2.25. The predicted molar refractivity (Wildman–Crippen MR) is 77.6 cm³/mol. The maximum Gasteiger partial charge on any atom is 0.101 e. The molecule has 2 rings (SSSR count). The fraction of sp³-hybridized carbons (Fsp3) is 0.500. The summed E-state index contributed by atoms with van der Waals surface area (Å²) >= 11 is 3.43. The van der Waals surface area contributed by atoms with Crippen LogP contribution >= 0.6 is 15.9 Å². The van der Waals surface area contributed by atoms with Crippen LogP contribution in [0.2, 0.25) is 0 Å². The second-order valence-corrected chi connectivity index (χ2v) is 5.84. The fourth-order valence-corrected chi connectivity index (χ4v) is 2.36. The van der Waals surface area contributed by atoms with Crippen molar-refractivity contribution in [1.29, 1.82) is 5.26 Å². The number of hydrogen-bond donors (Lipinski definition) is 1. The number of halogens is 1. The first-order valence-corrected chi connectivity index (χ1v) is 7.06. The van der Waals surface area contributed by atoms with E-state index < -0.39 is 0 Å². The first-order chi connectivity index (χ1) is 8.61. The van der Waals surface area contributed by atoms with Gasteiger partial charge in [0.15, 0.2) is 0 Å². The Balaban J connectivity index is 1.96. The molecule has 0 aromatic heterocycles. The van der Waals surface area contributed by atoms with Crippen molar-refractivity contribution in [3.63, 3.8) is 0 Å².